The third kappa shape index (κ3) is 2.75. The molecule has 0 spiro atoms. The van der Waals surface area contributed by atoms with Gasteiger partial charge in [-0.25, -0.2) is 0 Å². The van der Waals surface area contributed by atoms with E-state index in [1.54, 1.807) is 12.1 Å². The van der Waals surface area contributed by atoms with Crippen molar-refractivity contribution in [1.82, 2.24) is 24.5 Å². The van der Waals surface area contributed by atoms with Gasteiger partial charge in [-0.15, -0.1) is 5.10 Å². The van der Waals surface area contributed by atoms with Gasteiger partial charge >= 0.3 is 0 Å². The first-order valence-electron chi connectivity index (χ1n) is 9.16. The van der Waals surface area contributed by atoms with Crippen molar-refractivity contribution < 1.29 is 4.79 Å². The molecule has 27 heavy (non-hydrogen) atoms. The maximum absolute atomic E-state index is 13.0. The Hall–Kier alpha value is -3.22. The van der Waals surface area contributed by atoms with Crippen molar-refractivity contribution >= 4 is 5.91 Å². The minimum Gasteiger partial charge on any atom is -0.336 e. The second kappa shape index (κ2) is 6.19. The van der Waals surface area contributed by atoms with E-state index in [1.807, 2.05) is 45.9 Å². The third-order valence-electron chi connectivity index (χ3n) is 5.47. The molecule has 1 aromatic carbocycles. The molecule has 5 rings (SSSR count). The highest BCUT2D eigenvalue weighted by molar-refractivity contribution is 5.92. The molecule has 136 valence electrons. The van der Waals surface area contributed by atoms with Crippen molar-refractivity contribution in [3.8, 4) is 5.69 Å². The van der Waals surface area contributed by atoms with Crippen LogP contribution < -0.4 is 5.56 Å². The number of hydrogen-bond acceptors (Lipinski definition) is 4. The topological polar surface area (TPSA) is 73.0 Å². The van der Waals surface area contributed by atoms with Crippen LogP contribution in [0.1, 0.15) is 28.5 Å². The Morgan fingerprint density at radius 3 is 2.70 bits per heavy atom. The number of likely N-dealkylation sites (tertiary alicyclic amines) is 1. The molecule has 1 amide bonds. The molecular weight excluding hydrogens is 342 g/mol. The summed E-state index contributed by atoms with van der Waals surface area (Å²) in [6, 6.07) is 15.0. The number of benzene rings is 1. The summed E-state index contributed by atoms with van der Waals surface area (Å²) in [6.45, 7) is 1.93. The number of hydrogen-bond donors (Lipinski definition) is 0. The average Bonchev–Trinajstić information content (AvgIpc) is 3.19. The number of fused-ring (bicyclic) bond motifs is 4. The molecule has 2 aromatic heterocycles. The van der Waals surface area contributed by atoms with Crippen LogP contribution in [0.15, 0.2) is 59.5 Å². The van der Waals surface area contributed by atoms with E-state index in [2.05, 4.69) is 10.2 Å². The fourth-order valence-electron chi connectivity index (χ4n) is 4.27. The van der Waals surface area contributed by atoms with Crippen LogP contribution in [0, 0.1) is 5.92 Å². The smallest absolute Gasteiger partial charge is 0.276 e. The van der Waals surface area contributed by atoms with Gasteiger partial charge in [0.1, 0.15) is 0 Å². The monoisotopic (exact) mass is 361 g/mol. The summed E-state index contributed by atoms with van der Waals surface area (Å²) in [4.78, 5) is 28.5. The summed E-state index contributed by atoms with van der Waals surface area (Å²) in [6.07, 6.45) is 2.54. The van der Waals surface area contributed by atoms with Gasteiger partial charge in [-0.05, 0) is 30.5 Å². The SMILES string of the molecule is O=C(c1cnn(-c2ccccc2)n1)N1C[C@@H]2C[C@@H](C1)c1cccc(=O)n1C2. The van der Waals surface area contributed by atoms with Crippen molar-refractivity contribution in [3.63, 3.8) is 0 Å². The molecule has 2 atom stereocenters. The van der Waals surface area contributed by atoms with Crippen molar-refractivity contribution in [2.24, 2.45) is 5.92 Å². The summed E-state index contributed by atoms with van der Waals surface area (Å²) in [5.41, 5.74) is 2.25. The van der Waals surface area contributed by atoms with Crippen LogP contribution >= 0.6 is 0 Å². The van der Waals surface area contributed by atoms with E-state index < -0.39 is 0 Å². The van der Waals surface area contributed by atoms with E-state index in [0.717, 1.165) is 17.8 Å². The third-order valence-corrected chi connectivity index (χ3v) is 5.47. The van der Waals surface area contributed by atoms with Gasteiger partial charge in [0.25, 0.3) is 11.5 Å². The number of pyridine rings is 1. The van der Waals surface area contributed by atoms with Gasteiger partial charge in [-0.2, -0.15) is 9.90 Å². The minimum absolute atomic E-state index is 0.0489. The Morgan fingerprint density at radius 2 is 1.85 bits per heavy atom. The highest BCUT2D eigenvalue weighted by Crippen LogP contribution is 2.35. The zero-order valence-electron chi connectivity index (χ0n) is 14.7. The lowest BCUT2D eigenvalue weighted by atomic mass is 9.83. The van der Waals surface area contributed by atoms with Crippen LogP contribution in [0.5, 0.6) is 0 Å². The lowest BCUT2D eigenvalue weighted by Crippen LogP contribution is -2.49. The average molecular weight is 361 g/mol. The number of nitrogens with zero attached hydrogens (tertiary/aromatic N) is 5. The Labute approximate surface area is 155 Å². The Morgan fingerprint density at radius 1 is 1.00 bits per heavy atom. The second-order valence-electron chi connectivity index (χ2n) is 7.26. The number of aromatic nitrogens is 4. The molecule has 0 radical (unpaired) electrons. The maximum Gasteiger partial charge on any atom is 0.276 e. The largest absolute Gasteiger partial charge is 0.336 e. The summed E-state index contributed by atoms with van der Waals surface area (Å²) >= 11 is 0. The molecule has 4 heterocycles. The van der Waals surface area contributed by atoms with E-state index >= 15 is 0 Å². The molecular formula is C20H19N5O2. The van der Waals surface area contributed by atoms with Crippen molar-refractivity contribution in [2.45, 2.75) is 18.9 Å². The van der Waals surface area contributed by atoms with Gasteiger partial charge in [-0.1, -0.05) is 24.3 Å². The normalized spacial score (nSPS) is 21.0. The molecule has 0 saturated carbocycles. The summed E-state index contributed by atoms with van der Waals surface area (Å²) in [5.74, 6) is 0.391. The molecule has 3 aromatic rings. The number of amides is 1. The Balaban J connectivity index is 1.40. The maximum atomic E-state index is 13.0. The number of para-hydroxylation sites is 1. The van der Waals surface area contributed by atoms with E-state index in [1.165, 1.54) is 11.0 Å². The molecule has 0 N–H and O–H groups in total. The highest BCUT2D eigenvalue weighted by atomic mass is 16.2. The fourth-order valence-corrected chi connectivity index (χ4v) is 4.27. The van der Waals surface area contributed by atoms with E-state index in [-0.39, 0.29) is 17.4 Å². The van der Waals surface area contributed by atoms with E-state index in [9.17, 15) is 9.59 Å². The molecule has 7 heteroatoms. The van der Waals surface area contributed by atoms with Crippen molar-refractivity contribution in [2.75, 3.05) is 13.1 Å². The molecule has 0 aliphatic carbocycles. The molecule has 0 unspecified atom stereocenters. The van der Waals surface area contributed by atoms with Crippen LogP contribution in [0.4, 0.5) is 0 Å². The lowest BCUT2D eigenvalue weighted by molar-refractivity contribution is 0.0588. The zero-order chi connectivity index (χ0) is 18.4. The first kappa shape index (κ1) is 16.0. The van der Waals surface area contributed by atoms with E-state index in [0.29, 0.717) is 31.2 Å². The Bertz CT molecular complexity index is 1060. The molecule has 2 aliphatic heterocycles. The molecule has 2 bridgehead atoms. The van der Waals surface area contributed by atoms with Crippen LogP contribution in [0.2, 0.25) is 0 Å². The zero-order valence-corrected chi connectivity index (χ0v) is 14.7. The molecule has 1 saturated heterocycles. The van der Waals surface area contributed by atoms with Crippen LogP contribution in [0.3, 0.4) is 0 Å². The van der Waals surface area contributed by atoms with Crippen LogP contribution in [-0.2, 0) is 6.54 Å². The van der Waals surface area contributed by atoms with Gasteiger partial charge in [0, 0.05) is 37.3 Å². The summed E-state index contributed by atoms with van der Waals surface area (Å²) in [7, 11) is 0. The molecule has 7 nitrogen and oxygen atoms in total. The van der Waals surface area contributed by atoms with Crippen LogP contribution in [-0.4, -0.2) is 43.5 Å². The molecule has 2 aliphatic rings. The number of piperidine rings is 1. The molecule has 1 fully saturated rings. The quantitative estimate of drug-likeness (QED) is 0.696. The first-order chi connectivity index (χ1) is 13.2. The predicted octanol–water partition coefficient (Wildman–Crippen LogP) is 1.69. The predicted molar refractivity (Wildman–Crippen MR) is 98.8 cm³/mol. The lowest BCUT2D eigenvalue weighted by Gasteiger charge is -2.42. The van der Waals surface area contributed by atoms with Crippen LogP contribution in [0.25, 0.3) is 5.69 Å². The summed E-state index contributed by atoms with van der Waals surface area (Å²) in [5, 5.41) is 8.60. The fraction of sp³-hybridized carbons (Fsp3) is 0.300. The van der Waals surface area contributed by atoms with Gasteiger partial charge in [-0.3, -0.25) is 9.59 Å². The van der Waals surface area contributed by atoms with Gasteiger partial charge in [0.2, 0.25) is 0 Å². The van der Waals surface area contributed by atoms with Gasteiger partial charge in [0.15, 0.2) is 5.69 Å². The standard InChI is InChI=1S/C20H19N5O2/c26-19-8-4-7-18-15-9-14(12-24(18)19)11-23(13-15)20(27)17-10-21-25(22-17)16-5-2-1-3-6-16/h1-8,10,14-15H,9,11-13H2/t14-,15-/m0/s1. The number of carbonyl (C=O) groups is 1. The van der Waals surface area contributed by atoms with Crippen molar-refractivity contribution in [1.29, 1.82) is 0 Å². The van der Waals surface area contributed by atoms with Crippen molar-refractivity contribution in [3.05, 3.63) is 76.5 Å². The highest BCUT2D eigenvalue weighted by Gasteiger charge is 2.37. The van der Waals surface area contributed by atoms with Gasteiger partial charge < -0.3 is 9.47 Å². The number of carbonyl (C=O) groups excluding carboxylic acids is 1. The Kier molecular flexibility index (Phi) is 3.67. The summed E-state index contributed by atoms with van der Waals surface area (Å²) < 4.78 is 1.87. The van der Waals surface area contributed by atoms with E-state index in [4.69, 9.17) is 0 Å². The number of rotatable bonds is 2. The minimum atomic E-state index is -0.0985. The second-order valence-corrected chi connectivity index (χ2v) is 7.26. The van der Waals surface area contributed by atoms with Gasteiger partial charge in [0.05, 0.1) is 11.9 Å². The first-order valence-corrected chi connectivity index (χ1v) is 9.16.